The van der Waals surface area contributed by atoms with Gasteiger partial charge in [0.05, 0.1) is 4.90 Å². The SMILES string of the molecule is C[C@H]1[C@H](C)CCC[C@H]1NC(=O)Cn1ccc2cc(S(=O)(=O)N3CCCC3)ccc21. The van der Waals surface area contributed by atoms with Crippen molar-refractivity contribution in [2.75, 3.05) is 13.1 Å². The Bertz CT molecular complexity index is 992. The molecule has 1 aromatic heterocycles. The summed E-state index contributed by atoms with van der Waals surface area (Å²) in [5, 5.41) is 4.06. The second-order valence-corrected chi connectivity index (χ2v) is 10.7. The van der Waals surface area contributed by atoms with Crippen molar-refractivity contribution in [3.8, 4) is 0 Å². The average molecular weight is 418 g/mol. The molecule has 2 aromatic rings. The molecule has 1 saturated heterocycles. The third-order valence-corrected chi connectivity index (χ3v) is 8.71. The maximum absolute atomic E-state index is 12.8. The van der Waals surface area contributed by atoms with E-state index >= 15 is 0 Å². The number of aromatic nitrogens is 1. The molecule has 1 aliphatic carbocycles. The number of benzene rings is 1. The number of carbonyl (C=O) groups is 1. The van der Waals surface area contributed by atoms with Crippen LogP contribution >= 0.6 is 0 Å². The van der Waals surface area contributed by atoms with Crippen LogP contribution in [0.1, 0.15) is 46.0 Å². The van der Waals surface area contributed by atoms with Gasteiger partial charge in [0.15, 0.2) is 0 Å². The highest BCUT2D eigenvalue weighted by atomic mass is 32.2. The maximum Gasteiger partial charge on any atom is 0.243 e. The minimum atomic E-state index is -3.43. The fourth-order valence-corrected chi connectivity index (χ4v) is 6.30. The minimum absolute atomic E-state index is 0.0159. The summed E-state index contributed by atoms with van der Waals surface area (Å²) in [5.74, 6) is 1.15. The molecule has 1 aromatic carbocycles. The minimum Gasteiger partial charge on any atom is -0.352 e. The number of hydrogen-bond donors (Lipinski definition) is 1. The van der Waals surface area contributed by atoms with Gasteiger partial charge in [0.25, 0.3) is 0 Å². The molecule has 0 spiro atoms. The van der Waals surface area contributed by atoms with Crippen molar-refractivity contribution < 1.29 is 13.2 Å². The molecule has 7 heteroatoms. The molecule has 0 bridgehead atoms. The second kappa shape index (κ2) is 8.11. The van der Waals surface area contributed by atoms with Crippen LogP contribution < -0.4 is 5.32 Å². The van der Waals surface area contributed by atoms with Gasteiger partial charge in [0, 0.05) is 36.2 Å². The van der Waals surface area contributed by atoms with E-state index in [9.17, 15) is 13.2 Å². The van der Waals surface area contributed by atoms with Gasteiger partial charge in [-0.05, 0) is 55.4 Å². The highest BCUT2D eigenvalue weighted by molar-refractivity contribution is 7.89. The van der Waals surface area contributed by atoms with Crippen LogP contribution in [0.2, 0.25) is 0 Å². The highest BCUT2D eigenvalue weighted by Gasteiger charge is 2.29. The lowest BCUT2D eigenvalue weighted by molar-refractivity contribution is -0.123. The quantitative estimate of drug-likeness (QED) is 0.811. The fraction of sp³-hybridized carbons (Fsp3) is 0.591. The van der Waals surface area contributed by atoms with E-state index < -0.39 is 10.0 Å². The van der Waals surface area contributed by atoms with Crippen LogP contribution in [0.5, 0.6) is 0 Å². The zero-order valence-electron chi connectivity index (χ0n) is 17.3. The summed E-state index contributed by atoms with van der Waals surface area (Å²) in [7, 11) is -3.43. The molecular weight excluding hydrogens is 386 g/mol. The summed E-state index contributed by atoms with van der Waals surface area (Å²) in [4.78, 5) is 13.0. The van der Waals surface area contributed by atoms with Crippen LogP contribution in [-0.4, -0.2) is 42.3 Å². The molecule has 1 saturated carbocycles. The summed E-state index contributed by atoms with van der Waals surface area (Å²) < 4.78 is 29.0. The Labute approximate surface area is 173 Å². The van der Waals surface area contributed by atoms with Crippen LogP contribution in [0.25, 0.3) is 10.9 Å². The van der Waals surface area contributed by atoms with Gasteiger partial charge in [0.2, 0.25) is 15.9 Å². The van der Waals surface area contributed by atoms with Crippen molar-refractivity contribution in [2.45, 2.75) is 63.4 Å². The molecule has 2 fully saturated rings. The van der Waals surface area contributed by atoms with Gasteiger partial charge in [-0.15, -0.1) is 0 Å². The fourth-order valence-electron chi connectivity index (χ4n) is 4.75. The van der Waals surface area contributed by atoms with E-state index in [-0.39, 0.29) is 18.5 Å². The monoisotopic (exact) mass is 417 g/mol. The lowest BCUT2D eigenvalue weighted by Gasteiger charge is -2.34. The Hall–Kier alpha value is -1.86. The van der Waals surface area contributed by atoms with E-state index in [1.807, 2.05) is 22.9 Å². The molecule has 2 heterocycles. The van der Waals surface area contributed by atoms with E-state index in [4.69, 9.17) is 0 Å². The van der Waals surface area contributed by atoms with Gasteiger partial charge in [-0.25, -0.2) is 8.42 Å². The molecule has 1 aliphatic heterocycles. The molecular formula is C22H31N3O3S. The number of nitrogens with zero attached hydrogens (tertiary/aromatic N) is 2. The van der Waals surface area contributed by atoms with Gasteiger partial charge >= 0.3 is 0 Å². The van der Waals surface area contributed by atoms with Gasteiger partial charge in [-0.1, -0.05) is 26.7 Å². The van der Waals surface area contributed by atoms with E-state index in [1.165, 1.54) is 6.42 Å². The van der Waals surface area contributed by atoms with Crippen LogP contribution in [0.15, 0.2) is 35.4 Å². The highest BCUT2D eigenvalue weighted by Crippen LogP contribution is 2.29. The first-order valence-corrected chi connectivity index (χ1v) is 12.2. The van der Waals surface area contributed by atoms with Crippen LogP contribution in [0.4, 0.5) is 0 Å². The number of amides is 1. The normalized spacial score (nSPS) is 26.1. The van der Waals surface area contributed by atoms with Gasteiger partial charge in [-0.2, -0.15) is 4.31 Å². The molecule has 158 valence electrons. The first-order valence-electron chi connectivity index (χ1n) is 10.7. The topological polar surface area (TPSA) is 71.4 Å². The smallest absolute Gasteiger partial charge is 0.243 e. The van der Waals surface area contributed by atoms with Crippen molar-refractivity contribution >= 4 is 26.8 Å². The zero-order valence-corrected chi connectivity index (χ0v) is 18.1. The lowest BCUT2D eigenvalue weighted by atomic mass is 9.78. The van der Waals surface area contributed by atoms with E-state index in [0.29, 0.717) is 29.8 Å². The van der Waals surface area contributed by atoms with E-state index in [1.54, 1.807) is 16.4 Å². The van der Waals surface area contributed by atoms with Crippen molar-refractivity contribution in [3.05, 3.63) is 30.5 Å². The van der Waals surface area contributed by atoms with Gasteiger partial charge in [-0.3, -0.25) is 4.79 Å². The Kier molecular flexibility index (Phi) is 5.71. The molecule has 29 heavy (non-hydrogen) atoms. The second-order valence-electron chi connectivity index (χ2n) is 8.72. The predicted octanol–water partition coefficient (Wildman–Crippen LogP) is 3.37. The number of carbonyl (C=O) groups excluding carboxylic acids is 1. The molecule has 0 unspecified atom stereocenters. The Morgan fingerprint density at radius 1 is 1.10 bits per heavy atom. The van der Waals surface area contributed by atoms with Crippen molar-refractivity contribution in [1.29, 1.82) is 0 Å². The number of rotatable bonds is 5. The predicted molar refractivity (Wildman–Crippen MR) is 114 cm³/mol. The average Bonchev–Trinajstić information content (AvgIpc) is 3.36. The largest absolute Gasteiger partial charge is 0.352 e. The molecule has 1 N–H and O–H groups in total. The molecule has 6 nitrogen and oxygen atoms in total. The Balaban J connectivity index is 1.48. The van der Waals surface area contributed by atoms with E-state index in [0.717, 1.165) is 36.6 Å². The third-order valence-electron chi connectivity index (χ3n) is 6.81. The molecule has 0 radical (unpaired) electrons. The van der Waals surface area contributed by atoms with Crippen molar-refractivity contribution in [2.24, 2.45) is 11.8 Å². The standard InChI is InChI=1S/C22H31N3O3S/c1-16-6-5-7-20(17(16)2)23-22(26)15-24-13-10-18-14-19(8-9-21(18)24)29(27,28)25-11-3-4-12-25/h8-10,13-14,16-17,20H,3-7,11-12,15H2,1-2H3,(H,23,26)/t16-,17+,20-/m1/s1. The lowest BCUT2D eigenvalue weighted by Crippen LogP contribution is -2.44. The number of nitrogens with one attached hydrogen (secondary N) is 1. The third kappa shape index (κ3) is 4.08. The molecule has 4 rings (SSSR count). The van der Waals surface area contributed by atoms with Crippen LogP contribution in [0, 0.1) is 11.8 Å². The molecule has 3 atom stereocenters. The van der Waals surface area contributed by atoms with Crippen molar-refractivity contribution in [1.82, 2.24) is 14.2 Å². The van der Waals surface area contributed by atoms with Crippen LogP contribution in [0.3, 0.4) is 0 Å². The first-order chi connectivity index (χ1) is 13.9. The summed E-state index contributed by atoms with van der Waals surface area (Å²) in [6.45, 7) is 5.93. The summed E-state index contributed by atoms with van der Waals surface area (Å²) in [6.07, 6.45) is 7.15. The maximum atomic E-state index is 12.8. The number of hydrogen-bond acceptors (Lipinski definition) is 3. The number of fused-ring (bicyclic) bond motifs is 1. The summed E-state index contributed by atoms with van der Waals surface area (Å²) in [5.41, 5.74) is 0.880. The Morgan fingerprint density at radius 2 is 1.86 bits per heavy atom. The van der Waals surface area contributed by atoms with Crippen LogP contribution in [-0.2, 0) is 21.4 Å². The van der Waals surface area contributed by atoms with Gasteiger partial charge in [0.1, 0.15) is 6.54 Å². The summed E-state index contributed by atoms with van der Waals surface area (Å²) in [6, 6.07) is 7.33. The first kappa shape index (κ1) is 20.4. The Morgan fingerprint density at radius 3 is 2.62 bits per heavy atom. The van der Waals surface area contributed by atoms with Gasteiger partial charge < -0.3 is 9.88 Å². The zero-order chi connectivity index (χ0) is 20.6. The van der Waals surface area contributed by atoms with Crippen molar-refractivity contribution in [3.63, 3.8) is 0 Å². The molecule has 1 amide bonds. The number of sulfonamides is 1. The summed E-state index contributed by atoms with van der Waals surface area (Å²) >= 11 is 0. The van der Waals surface area contributed by atoms with E-state index in [2.05, 4.69) is 19.2 Å². The molecule has 2 aliphatic rings.